The van der Waals surface area contributed by atoms with Crippen molar-refractivity contribution in [1.82, 2.24) is 10.2 Å². The summed E-state index contributed by atoms with van der Waals surface area (Å²) in [6, 6.07) is 0.654. The molecule has 0 aromatic heterocycles. The second-order valence-electron chi connectivity index (χ2n) is 7.20. The van der Waals surface area contributed by atoms with Crippen molar-refractivity contribution < 1.29 is 0 Å². The number of hydrogen-bond acceptors (Lipinski definition) is 2. The molecule has 3 unspecified atom stereocenters. The Kier molecular flexibility index (Phi) is 4.37. The van der Waals surface area contributed by atoms with Crippen molar-refractivity contribution in [2.24, 2.45) is 11.8 Å². The van der Waals surface area contributed by atoms with E-state index >= 15 is 0 Å². The lowest BCUT2D eigenvalue weighted by Crippen LogP contribution is -2.52. The van der Waals surface area contributed by atoms with Crippen LogP contribution in [-0.4, -0.2) is 29.6 Å². The first-order valence-corrected chi connectivity index (χ1v) is 7.63. The van der Waals surface area contributed by atoms with Crippen molar-refractivity contribution in [2.75, 3.05) is 13.1 Å². The third-order valence-electron chi connectivity index (χ3n) is 4.66. The van der Waals surface area contributed by atoms with E-state index in [2.05, 4.69) is 43.8 Å². The van der Waals surface area contributed by atoms with Crippen LogP contribution in [0.3, 0.4) is 0 Å². The van der Waals surface area contributed by atoms with Crippen LogP contribution in [0.15, 0.2) is 12.8 Å². The standard InChI is InChI=1S/C16H30N2/c1-5-18-12-14-9-7-6-8-13(14)10-15(18)11-17-16(2,3)4/h5,13-15,17H,1,6-12H2,2-4H3. The number of rotatable bonds is 3. The Morgan fingerprint density at radius 3 is 2.50 bits per heavy atom. The number of nitrogens with one attached hydrogen (secondary N) is 1. The van der Waals surface area contributed by atoms with Gasteiger partial charge in [-0.25, -0.2) is 0 Å². The summed E-state index contributed by atoms with van der Waals surface area (Å²) >= 11 is 0. The molecule has 1 N–H and O–H groups in total. The van der Waals surface area contributed by atoms with Gasteiger partial charge < -0.3 is 10.2 Å². The zero-order valence-corrected chi connectivity index (χ0v) is 12.4. The van der Waals surface area contributed by atoms with Gasteiger partial charge in [-0.15, -0.1) is 0 Å². The molecule has 0 radical (unpaired) electrons. The first-order chi connectivity index (χ1) is 8.49. The lowest BCUT2D eigenvalue weighted by Gasteiger charge is -2.46. The number of likely N-dealkylation sites (tertiary alicyclic amines) is 1. The third kappa shape index (κ3) is 3.50. The van der Waals surface area contributed by atoms with Crippen molar-refractivity contribution in [3.8, 4) is 0 Å². The number of nitrogens with zero attached hydrogens (tertiary/aromatic N) is 1. The van der Waals surface area contributed by atoms with Crippen LogP contribution in [0.1, 0.15) is 52.9 Å². The van der Waals surface area contributed by atoms with Gasteiger partial charge in [0.15, 0.2) is 0 Å². The number of fused-ring (bicyclic) bond motifs is 1. The van der Waals surface area contributed by atoms with Crippen LogP contribution in [-0.2, 0) is 0 Å². The van der Waals surface area contributed by atoms with Gasteiger partial charge in [0, 0.05) is 24.7 Å². The second kappa shape index (κ2) is 5.64. The average molecular weight is 250 g/mol. The maximum absolute atomic E-state index is 4.01. The van der Waals surface area contributed by atoms with Gasteiger partial charge >= 0.3 is 0 Å². The van der Waals surface area contributed by atoms with Gasteiger partial charge in [-0.05, 0) is 51.6 Å². The highest BCUT2D eigenvalue weighted by Crippen LogP contribution is 2.38. The van der Waals surface area contributed by atoms with E-state index in [0.29, 0.717) is 6.04 Å². The van der Waals surface area contributed by atoms with Gasteiger partial charge in [0.05, 0.1) is 0 Å². The fraction of sp³-hybridized carbons (Fsp3) is 0.875. The Bertz CT molecular complexity index is 279. The fourth-order valence-electron chi connectivity index (χ4n) is 3.59. The zero-order valence-electron chi connectivity index (χ0n) is 12.4. The van der Waals surface area contributed by atoms with Crippen molar-refractivity contribution >= 4 is 0 Å². The summed E-state index contributed by atoms with van der Waals surface area (Å²) in [4.78, 5) is 2.49. The molecule has 2 heteroatoms. The smallest absolute Gasteiger partial charge is 0.0411 e. The highest BCUT2D eigenvalue weighted by atomic mass is 15.2. The Hall–Kier alpha value is -0.500. The normalized spacial score (nSPS) is 33.1. The molecular weight excluding hydrogens is 220 g/mol. The van der Waals surface area contributed by atoms with Crippen LogP contribution in [0.5, 0.6) is 0 Å². The Labute approximate surface area is 113 Å². The molecule has 104 valence electrons. The van der Waals surface area contributed by atoms with Gasteiger partial charge in [-0.2, -0.15) is 0 Å². The summed E-state index contributed by atoms with van der Waals surface area (Å²) in [7, 11) is 0. The second-order valence-corrected chi connectivity index (χ2v) is 7.20. The molecule has 0 bridgehead atoms. The van der Waals surface area contributed by atoms with Crippen LogP contribution in [0.4, 0.5) is 0 Å². The van der Waals surface area contributed by atoms with Crippen LogP contribution in [0, 0.1) is 11.8 Å². The first kappa shape index (κ1) is 13.9. The van der Waals surface area contributed by atoms with E-state index in [1.54, 1.807) is 0 Å². The van der Waals surface area contributed by atoms with E-state index in [4.69, 9.17) is 0 Å². The average Bonchev–Trinajstić information content (AvgIpc) is 2.34. The third-order valence-corrected chi connectivity index (χ3v) is 4.66. The van der Waals surface area contributed by atoms with E-state index in [-0.39, 0.29) is 5.54 Å². The summed E-state index contributed by atoms with van der Waals surface area (Å²) in [5.41, 5.74) is 0.219. The van der Waals surface area contributed by atoms with Crippen LogP contribution >= 0.6 is 0 Å². The predicted molar refractivity (Wildman–Crippen MR) is 78.5 cm³/mol. The molecule has 2 aliphatic rings. The van der Waals surface area contributed by atoms with Crippen molar-refractivity contribution in [3.63, 3.8) is 0 Å². The minimum Gasteiger partial charge on any atom is -0.373 e. The Morgan fingerprint density at radius 2 is 1.89 bits per heavy atom. The summed E-state index contributed by atoms with van der Waals surface area (Å²) in [5, 5.41) is 3.66. The Balaban J connectivity index is 1.93. The quantitative estimate of drug-likeness (QED) is 0.826. The minimum absolute atomic E-state index is 0.219. The molecule has 0 spiro atoms. The summed E-state index contributed by atoms with van der Waals surface area (Å²) in [6.07, 6.45) is 9.22. The van der Waals surface area contributed by atoms with Gasteiger partial charge in [0.25, 0.3) is 0 Å². The Morgan fingerprint density at radius 1 is 1.22 bits per heavy atom. The molecule has 18 heavy (non-hydrogen) atoms. The van der Waals surface area contributed by atoms with E-state index in [0.717, 1.165) is 18.4 Å². The molecule has 0 aromatic rings. The summed E-state index contributed by atoms with van der Waals surface area (Å²) in [5.74, 6) is 1.91. The molecule has 0 amide bonds. The molecule has 2 rings (SSSR count). The molecule has 3 atom stereocenters. The SMILES string of the molecule is C=CN1CC2CCCCC2CC1CNC(C)(C)C. The highest BCUT2D eigenvalue weighted by Gasteiger charge is 2.35. The van der Waals surface area contributed by atoms with Gasteiger partial charge in [0.2, 0.25) is 0 Å². The van der Waals surface area contributed by atoms with Crippen molar-refractivity contribution in [1.29, 1.82) is 0 Å². The number of piperidine rings is 1. The minimum atomic E-state index is 0.219. The van der Waals surface area contributed by atoms with Crippen LogP contribution in [0.25, 0.3) is 0 Å². The van der Waals surface area contributed by atoms with E-state index < -0.39 is 0 Å². The topological polar surface area (TPSA) is 15.3 Å². The molecule has 1 heterocycles. The molecule has 1 saturated heterocycles. The summed E-state index contributed by atoms with van der Waals surface area (Å²) < 4.78 is 0. The van der Waals surface area contributed by atoms with Gasteiger partial charge in [-0.3, -0.25) is 0 Å². The fourth-order valence-corrected chi connectivity index (χ4v) is 3.59. The maximum atomic E-state index is 4.01. The molecule has 1 saturated carbocycles. The maximum Gasteiger partial charge on any atom is 0.0411 e. The zero-order chi connectivity index (χ0) is 13.2. The van der Waals surface area contributed by atoms with Gasteiger partial charge in [0.1, 0.15) is 0 Å². The van der Waals surface area contributed by atoms with Crippen molar-refractivity contribution in [3.05, 3.63) is 12.8 Å². The predicted octanol–water partition coefficient (Wildman–Crippen LogP) is 3.40. The van der Waals surface area contributed by atoms with E-state index in [1.165, 1.54) is 38.6 Å². The molecular formula is C16H30N2. The number of hydrogen-bond donors (Lipinski definition) is 1. The largest absolute Gasteiger partial charge is 0.373 e. The lowest BCUT2D eigenvalue weighted by atomic mass is 9.73. The molecule has 0 aromatic carbocycles. The van der Waals surface area contributed by atoms with E-state index in [9.17, 15) is 0 Å². The molecule has 1 aliphatic carbocycles. The monoisotopic (exact) mass is 250 g/mol. The molecule has 2 nitrogen and oxygen atoms in total. The van der Waals surface area contributed by atoms with E-state index in [1.807, 2.05) is 0 Å². The lowest BCUT2D eigenvalue weighted by molar-refractivity contribution is 0.0683. The van der Waals surface area contributed by atoms with Crippen molar-refractivity contribution in [2.45, 2.75) is 64.5 Å². The molecule has 1 aliphatic heterocycles. The van der Waals surface area contributed by atoms with Crippen LogP contribution in [0.2, 0.25) is 0 Å². The molecule has 2 fully saturated rings. The first-order valence-electron chi connectivity index (χ1n) is 7.63. The highest BCUT2D eigenvalue weighted by molar-refractivity contribution is 4.94. The van der Waals surface area contributed by atoms with Crippen LogP contribution < -0.4 is 5.32 Å². The van der Waals surface area contributed by atoms with Gasteiger partial charge in [-0.1, -0.05) is 25.8 Å². The summed E-state index contributed by atoms with van der Waals surface area (Å²) in [6.45, 7) is 13.1.